The molecule has 0 amide bonds. The van der Waals surface area contributed by atoms with Gasteiger partial charge in [0.15, 0.2) is 0 Å². The van der Waals surface area contributed by atoms with E-state index in [9.17, 15) is 13.5 Å². The fourth-order valence-electron chi connectivity index (χ4n) is 2.85. The second kappa shape index (κ2) is 5.86. The van der Waals surface area contributed by atoms with Crippen molar-refractivity contribution >= 4 is 10.2 Å². The third-order valence-electron chi connectivity index (χ3n) is 4.15. The lowest BCUT2D eigenvalue weighted by Crippen LogP contribution is -2.49. The summed E-state index contributed by atoms with van der Waals surface area (Å²) >= 11 is 0. The van der Waals surface area contributed by atoms with Gasteiger partial charge in [0.25, 0.3) is 10.2 Å². The Hall–Kier alpha value is -0.170. The topological polar surface area (TPSA) is 60.9 Å². The summed E-state index contributed by atoms with van der Waals surface area (Å²) in [5.74, 6) is 0.248. The van der Waals surface area contributed by atoms with Crippen molar-refractivity contribution in [2.75, 3.05) is 26.2 Å². The molecule has 0 aromatic rings. The first-order chi connectivity index (χ1) is 8.51. The molecule has 0 aromatic carbocycles. The summed E-state index contributed by atoms with van der Waals surface area (Å²) in [6.07, 6.45) is 4.29. The normalized spacial score (nSPS) is 27.2. The molecule has 1 unspecified atom stereocenters. The van der Waals surface area contributed by atoms with Crippen LogP contribution in [0.5, 0.6) is 0 Å². The second-order valence-electron chi connectivity index (χ2n) is 5.44. The van der Waals surface area contributed by atoms with Crippen molar-refractivity contribution < 1.29 is 13.5 Å². The molecule has 2 saturated heterocycles. The molecule has 0 aromatic heterocycles. The average molecular weight is 276 g/mol. The molecule has 5 nitrogen and oxygen atoms in total. The third-order valence-corrected chi connectivity index (χ3v) is 6.18. The second-order valence-corrected chi connectivity index (χ2v) is 7.37. The van der Waals surface area contributed by atoms with Crippen molar-refractivity contribution in [1.29, 1.82) is 0 Å². The summed E-state index contributed by atoms with van der Waals surface area (Å²) in [6, 6.07) is 0. The third kappa shape index (κ3) is 3.04. The fourth-order valence-corrected chi connectivity index (χ4v) is 4.57. The van der Waals surface area contributed by atoms with Gasteiger partial charge in [0.05, 0.1) is 6.10 Å². The highest BCUT2D eigenvalue weighted by Gasteiger charge is 2.34. The molecule has 6 heteroatoms. The number of hydrogen-bond acceptors (Lipinski definition) is 3. The maximum absolute atomic E-state index is 12.4. The monoisotopic (exact) mass is 276 g/mol. The largest absolute Gasteiger partial charge is 0.393 e. The molecule has 1 N–H and O–H groups in total. The lowest BCUT2D eigenvalue weighted by molar-refractivity contribution is 0.0895. The molecule has 2 fully saturated rings. The highest BCUT2D eigenvalue weighted by molar-refractivity contribution is 7.86. The summed E-state index contributed by atoms with van der Waals surface area (Å²) in [4.78, 5) is 0. The first-order valence-electron chi connectivity index (χ1n) is 6.95. The Balaban J connectivity index is 1.95. The van der Waals surface area contributed by atoms with Crippen molar-refractivity contribution in [3.63, 3.8) is 0 Å². The predicted octanol–water partition coefficient (Wildman–Crippen LogP) is 0.810. The van der Waals surface area contributed by atoms with Crippen LogP contribution < -0.4 is 0 Å². The number of aliphatic hydroxyl groups is 1. The van der Waals surface area contributed by atoms with E-state index in [1.165, 1.54) is 0 Å². The van der Waals surface area contributed by atoms with Crippen LogP contribution in [0.1, 0.15) is 39.0 Å². The summed E-state index contributed by atoms with van der Waals surface area (Å²) in [5, 5.41) is 9.54. The van der Waals surface area contributed by atoms with E-state index in [1.807, 2.05) is 0 Å². The molecule has 0 aliphatic carbocycles. The number of nitrogens with zero attached hydrogens (tertiary/aromatic N) is 2. The van der Waals surface area contributed by atoms with Crippen LogP contribution in [0.25, 0.3) is 0 Å². The van der Waals surface area contributed by atoms with E-state index in [0.29, 0.717) is 26.2 Å². The zero-order valence-corrected chi connectivity index (χ0v) is 11.9. The van der Waals surface area contributed by atoms with Gasteiger partial charge in [-0.3, -0.25) is 0 Å². The van der Waals surface area contributed by atoms with Crippen molar-refractivity contribution in [2.24, 2.45) is 5.92 Å². The maximum atomic E-state index is 12.4. The van der Waals surface area contributed by atoms with Gasteiger partial charge in [0.2, 0.25) is 0 Å². The Morgan fingerprint density at radius 3 is 2.00 bits per heavy atom. The molecule has 1 atom stereocenters. The van der Waals surface area contributed by atoms with E-state index in [1.54, 1.807) is 15.5 Å². The van der Waals surface area contributed by atoms with Crippen LogP contribution in [-0.2, 0) is 10.2 Å². The van der Waals surface area contributed by atoms with E-state index in [2.05, 4.69) is 0 Å². The van der Waals surface area contributed by atoms with Crippen molar-refractivity contribution in [2.45, 2.75) is 45.1 Å². The minimum Gasteiger partial charge on any atom is -0.393 e. The molecule has 18 heavy (non-hydrogen) atoms. The van der Waals surface area contributed by atoms with Gasteiger partial charge in [0, 0.05) is 26.2 Å². The predicted molar refractivity (Wildman–Crippen MR) is 70.3 cm³/mol. The summed E-state index contributed by atoms with van der Waals surface area (Å²) in [7, 11) is -3.25. The Kier molecular flexibility index (Phi) is 4.64. The van der Waals surface area contributed by atoms with Crippen molar-refractivity contribution in [1.82, 2.24) is 8.61 Å². The first kappa shape index (κ1) is 14.2. The summed E-state index contributed by atoms with van der Waals surface area (Å²) < 4.78 is 28.0. The Morgan fingerprint density at radius 2 is 1.50 bits per heavy atom. The van der Waals surface area contributed by atoms with Crippen molar-refractivity contribution in [3.8, 4) is 0 Å². The SMILES string of the molecule is CC(O)C1CCN(S(=O)(=O)N2CCCCC2)CC1. The zero-order valence-electron chi connectivity index (χ0n) is 11.1. The number of aliphatic hydroxyl groups excluding tert-OH is 1. The standard InChI is InChI=1S/C12H24N2O3S/c1-11(15)12-5-9-14(10-6-12)18(16,17)13-7-3-2-4-8-13/h11-12,15H,2-10H2,1H3. The van der Waals surface area contributed by atoms with Gasteiger partial charge < -0.3 is 5.11 Å². The molecule has 2 heterocycles. The number of rotatable bonds is 3. The smallest absolute Gasteiger partial charge is 0.281 e. The average Bonchev–Trinajstić information content (AvgIpc) is 2.40. The van der Waals surface area contributed by atoms with Crippen LogP contribution in [0.2, 0.25) is 0 Å². The molecule has 2 aliphatic rings. The van der Waals surface area contributed by atoms with E-state index in [4.69, 9.17) is 0 Å². The van der Waals surface area contributed by atoms with E-state index in [0.717, 1.165) is 32.1 Å². The van der Waals surface area contributed by atoms with Crippen LogP contribution in [0.4, 0.5) is 0 Å². The zero-order chi connectivity index (χ0) is 13.2. The molecule has 106 valence electrons. The van der Waals surface area contributed by atoms with E-state index in [-0.39, 0.29) is 12.0 Å². The van der Waals surface area contributed by atoms with Gasteiger partial charge >= 0.3 is 0 Å². The minimum atomic E-state index is -3.25. The van der Waals surface area contributed by atoms with Crippen LogP contribution in [0.3, 0.4) is 0 Å². The molecule has 0 radical (unpaired) electrons. The lowest BCUT2D eigenvalue weighted by atomic mass is 9.93. The highest BCUT2D eigenvalue weighted by Crippen LogP contribution is 2.25. The molecule has 0 spiro atoms. The Morgan fingerprint density at radius 1 is 1.00 bits per heavy atom. The minimum absolute atomic E-state index is 0.248. The number of hydrogen-bond donors (Lipinski definition) is 1. The molecule has 2 rings (SSSR count). The lowest BCUT2D eigenvalue weighted by Gasteiger charge is -2.36. The highest BCUT2D eigenvalue weighted by atomic mass is 32.2. The molecule has 2 aliphatic heterocycles. The van der Waals surface area contributed by atoms with Gasteiger partial charge in [-0.25, -0.2) is 0 Å². The summed E-state index contributed by atoms with van der Waals surface area (Å²) in [6.45, 7) is 4.22. The summed E-state index contributed by atoms with van der Waals surface area (Å²) in [5.41, 5.74) is 0. The van der Waals surface area contributed by atoms with Gasteiger partial charge in [-0.2, -0.15) is 17.0 Å². The van der Waals surface area contributed by atoms with E-state index >= 15 is 0 Å². The molecule has 0 bridgehead atoms. The van der Waals surface area contributed by atoms with Crippen LogP contribution in [0.15, 0.2) is 0 Å². The van der Waals surface area contributed by atoms with Gasteiger partial charge in [-0.1, -0.05) is 6.42 Å². The van der Waals surface area contributed by atoms with Crippen LogP contribution in [0, 0.1) is 5.92 Å². The first-order valence-corrected chi connectivity index (χ1v) is 8.35. The molecule has 0 saturated carbocycles. The molecular formula is C12H24N2O3S. The number of piperidine rings is 2. The van der Waals surface area contributed by atoms with Gasteiger partial charge in [-0.05, 0) is 38.5 Å². The Labute approximate surface area is 110 Å². The Bertz CT molecular complexity index is 356. The van der Waals surface area contributed by atoms with Gasteiger partial charge in [-0.15, -0.1) is 0 Å². The van der Waals surface area contributed by atoms with Crippen LogP contribution >= 0.6 is 0 Å². The quantitative estimate of drug-likeness (QED) is 0.830. The van der Waals surface area contributed by atoms with Gasteiger partial charge in [0.1, 0.15) is 0 Å². The van der Waals surface area contributed by atoms with Crippen LogP contribution in [-0.4, -0.2) is 54.4 Å². The van der Waals surface area contributed by atoms with Crippen molar-refractivity contribution in [3.05, 3.63) is 0 Å². The molecular weight excluding hydrogens is 252 g/mol. The maximum Gasteiger partial charge on any atom is 0.281 e. The fraction of sp³-hybridized carbons (Fsp3) is 1.00. The van der Waals surface area contributed by atoms with E-state index < -0.39 is 10.2 Å².